The summed E-state index contributed by atoms with van der Waals surface area (Å²) in [6, 6.07) is 12.6. The Kier molecular flexibility index (Phi) is 4.56. The summed E-state index contributed by atoms with van der Waals surface area (Å²) in [5, 5.41) is 4.10. The molecule has 3 heteroatoms. The van der Waals surface area contributed by atoms with Crippen molar-refractivity contribution in [2.75, 3.05) is 6.54 Å². The molecule has 1 N–H and O–H groups in total. The van der Waals surface area contributed by atoms with Crippen LogP contribution in [0.1, 0.15) is 29.7 Å². The summed E-state index contributed by atoms with van der Waals surface area (Å²) in [5.41, 5.74) is 2.99. The van der Waals surface area contributed by atoms with Crippen molar-refractivity contribution in [3.05, 3.63) is 70.0 Å². The van der Waals surface area contributed by atoms with Gasteiger partial charge in [-0.3, -0.25) is 0 Å². The first-order chi connectivity index (χ1) is 9.11. The Hall–Kier alpha value is -1.38. The molecule has 0 saturated heterocycles. The average molecular weight is 278 g/mol. The Labute approximate surface area is 118 Å². The summed E-state index contributed by atoms with van der Waals surface area (Å²) in [5.74, 6) is -0.224. The quantitative estimate of drug-likeness (QED) is 0.868. The fourth-order valence-corrected chi connectivity index (χ4v) is 2.30. The second kappa shape index (κ2) is 6.18. The van der Waals surface area contributed by atoms with Crippen LogP contribution in [0.25, 0.3) is 0 Å². The first-order valence-corrected chi connectivity index (χ1v) is 6.74. The van der Waals surface area contributed by atoms with Crippen LogP contribution in [0.5, 0.6) is 0 Å². The summed E-state index contributed by atoms with van der Waals surface area (Å²) >= 11 is 6.17. The summed E-state index contributed by atoms with van der Waals surface area (Å²) < 4.78 is 13.4. The molecule has 0 amide bonds. The van der Waals surface area contributed by atoms with E-state index in [1.807, 2.05) is 38.1 Å². The highest BCUT2D eigenvalue weighted by molar-refractivity contribution is 6.31. The van der Waals surface area contributed by atoms with Crippen LogP contribution in [0.15, 0.2) is 42.5 Å². The minimum absolute atomic E-state index is 0.0428. The van der Waals surface area contributed by atoms with Crippen molar-refractivity contribution in [3.8, 4) is 0 Å². The average Bonchev–Trinajstić information content (AvgIpc) is 2.39. The monoisotopic (exact) mass is 277 g/mol. The summed E-state index contributed by atoms with van der Waals surface area (Å²) in [4.78, 5) is 0. The van der Waals surface area contributed by atoms with Crippen LogP contribution >= 0.6 is 11.6 Å². The minimum Gasteiger partial charge on any atom is -0.307 e. The van der Waals surface area contributed by atoms with Crippen molar-refractivity contribution < 1.29 is 4.39 Å². The molecule has 0 spiro atoms. The van der Waals surface area contributed by atoms with Gasteiger partial charge >= 0.3 is 0 Å². The molecule has 0 aromatic heterocycles. The van der Waals surface area contributed by atoms with Gasteiger partial charge in [0.05, 0.1) is 6.04 Å². The largest absolute Gasteiger partial charge is 0.307 e. The lowest BCUT2D eigenvalue weighted by atomic mass is 9.97. The van der Waals surface area contributed by atoms with E-state index < -0.39 is 0 Å². The van der Waals surface area contributed by atoms with Gasteiger partial charge in [0.2, 0.25) is 0 Å². The van der Waals surface area contributed by atoms with E-state index in [1.165, 1.54) is 6.07 Å². The zero-order valence-corrected chi connectivity index (χ0v) is 11.8. The zero-order valence-electron chi connectivity index (χ0n) is 11.1. The molecular formula is C16H17ClFN. The Morgan fingerprint density at radius 1 is 1.16 bits per heavy atom. The van der Waals surface area contributed by atoms with E-state index in [9.17, 15) is 4.39 Å². The van der Waals surface area contributed by atoms with Crippen LogP contribution in [-0.2, 0) is 0 Å². The van der Waals surface area contributed by atoms with Gasteiger partial charge in [-0.25, -0.2) is 4.39 Å². The highest BCUT2D eigenvalue weighted by Crippen LogP contribution is 2.26. The third-order valence-corrected chi connectivity index (χ3v) is 3.53. The molecule has 0 aliphatic heterocycles. The molecule has 1 nitrogen and oxygen atoms in total. The lowest BCUT2D eigenvalue weighted by molar-refractivity contribution is 0.603. The molecule has 19 heavy (non-hydrogen) atoms. The number of hydrogen-bond acceptors (Lipinski definition) is 1. The Morgan fingerprint density at radius 3 is 2.53 bits per heavy atom. The number of aryl methyl sites for hydroxylation is 1. The van der Waals surface area contributed by atoms with E-state index in [2.05, 4.69) is 5.32 Å². The van der Waals surface area contributed by atoms with Crippen LogP contribution < -0.4 is 5.32 Å². The second-order valence-electron chi connectivity index (χ2n) is 4.55. The second-order valence-corrected chi connectivity index (χ2v) is 4.96. The predicted octanol–water partition coefficient (Wildman–Crippen LogP) is 4.49. The summed E-state index contributed by atoms with van der Waals surface area (Å²) in [6.45, 7) is 4.80. The molecule has 0 aliphatic carbocycles. The smallest absolute Gasteiger partial charge is 0.123 e. The first-order valence-electron chi connectivity index (χ1n) is 6.36. The van der Waals surface area contributed by atoms with Crippen molar-refractivity contribution in [1.29, 1.82) is 0 Å². The van der Waals surface area contributed by atoms with Gasteiger partial charge in [0.25, 0.3) is 0 Å². The highest BCUT2D eigenvalue weighted by Gasteiger charge is 2.14. The van der Waals surface area contributed by atoms with Gasteiger partial charge < -0.3 is 5.32 Å². The first kappa shape index (κ1) is 14.0. The standard InChI is InChI=1S/C16H17ClFN/c1-3-19-16(12-5-4-6-14(18)9-12)13-8-7-11(2)15(17)10-13/h4-10,16,19H,3H2,1-2H3. The van der Waals surface area contributed by atoms with Crippen molar-refractivity contribution in [2.24, 2.45) is 0 Å². The van der Waals surface area contributed by atoms with Crippen molar-refractivity contribution in [1.82, 2.24) is 5.32 Å². The van der Waals surface area contributed by atoms with Crippen LogP contribution in [0.4, 0.5) is 4.39 Å². The van der Waals surface area contributed by atoms with E-state index in [4.69, 9.17) is 11.6 Å². The molecule has 2 aromatic rings. The maximum Gasteiger partial charge on any atom is 0.123 e. The predicted molar refractivity (Wildman–Crippen MR) is 78.1 cm³/mol. The Balaban J connectivity index is 2.42. The summed E-state index contributed by atoms with van der Waals surface area (Å²) in [7, 11) is 0. The lowest BCUT2D eigenvalue weighted by Crippen LogP contribution is -2.22. The van der Waals surface area contributed by atoms with Gasteiger partial charge in [0.1, 0.15) is 5.82 Å². The van der Waals surface area contributed by atoms with Crippen LogP contribution in [-0.4, -0.2) is 6.54 Å². The SMILES string of the molecule is CCNC(c1cccc(F)c1)c1ccc(C)c(Cl)c1. The van der Waals surface area contributed by atoms with Crippen molar-refractivity contribution >= 4 is 11.6 Å². The fraction of sp³-hybridized carbons (Fsp3) is 0.250. The van der Waals surface area contributed by atoms with E-state index in [0.29, 0.717) is 0 Å². The molecule has 0 radical (unpaired) electrons. The van der Waals surface area contributed by atoms with Gasteiger partial charge in [0.15, 0.2) is 0 Å². The maximum absolute atomic E-state index is 13.4. The highest BCUT2D eigenvalue weighted by atomic mass is 35.5. The topological polar surface area (TPSA) is 12.0 Å². The molecule has 0 bridgehead atoms. The van der Waals surface area contributed by atoms with Crippen LogP contribution in [0.2, 0.25) is 5.02 Å². The van der Waals surface area contributed by atoms with Gasteiger partial charge in [0, 0.05) is 5.02 Å². The van der Waals surface area contributed by atoms with Crippen LogP contribution in [0, 0.1) is 12.7 Å². The molecule has 2 aromatic carbocycles. The third-order valence-electron chi connectivity index (χ3n) is 3.12. The van der Waals surface area contributed by atoms with Gasteiger partial charge in [-0.15, -0.1) is 0 Å². The summed E-state index contributed by atoms with van der Waals surface area (Å²) in [6.07, 6.45) is 0. The molecule has 2 rings (SSSR count). The molecule has 100 valence electrons. The number of halogens is 2. The molecule has 0 saturated carbocycles. The van der Waals surface area contributed by atoms with E-state index in [0.717, 1.165) is 28.3 Å². The van der Waals surface area contributed by atoms with Crippen molar-refractivity contribution in [3.63, 3.8) is 0 Å². The van der Waals surface area contributed by atoms with E-state index >= 15 is 0 Å². The molecule has 0 heterocycles. The zero-order chi connectivity index (χ0) is 13.8. The van der Waals surface area contributed by atoms with Gasteiger partial charge in [-0.05, 0) is 48.4 Å². The number of rotatable bonds is 4. The maximum atomic E-state index is 13.4. The molecular weight excluding hydrogens is 261 g/mol. The molecule has 1 atom stereocenters. The number of benzene rings is 2. The van der Waals surface area contributed by atoms with Gasteiger partial charge in [-0.1, -0.05) is 42.8 Å². The third kappa shape index (κ3) is 3.34. The molecule has 1 unspecified atom stereocenters. The number of nitrogens with one attached hydrogen (secondary N) is 1. The molecule has 0 aliphatic rings. The fourth-order valence-electron chi connectivity index (χ4n) is 2.11. The Bertz CT molecular complexity index is 568. The lowest BCUT2D eigenvalue weighted by Gasteiger charge is -2.19. The normalized spacial score (nSPS) is 12.4. The minimum atomic E-state index is -0.224. The van der Waals surface area contributed by atoms with Crippen molar-refractivity contribution in [2.45, 2.75) is 19.9 Å². The van der Waals surface area contributed by atoms with E-state index in [1.54, 1.807) is 12.1 Å². The number of hydrogen-bond donors (Lipinski definition) is 1. The van der Waals surface area contributed by atoms with Gasteiger partial charge in [-0.2, -0.15) is 0 Å². The van der Waals surface area contributed by atoms with E-state index in [-0.39, 0.29) is 11.9 Å². The Morgan fingerprint density at radius 2 is 1.89 bits per heavy atom. The van der Waals surface area contributed by atoms with Crippen LogP contribution in [0.3, 0.4) is 0 Å². The molecule has 0 fully saturated rings.